The van der Waals surface area contributed by atoms with Gasteiger partial charge in [0.05, 0.1) is 6.61 Å². The van der Waals surface area contributed by atoms with E-state index >= 15 is 0 Å². The number of rotatable bonds is 5. The number of ether oxygens (including phenoxy) is 1. The Morgan fingerprint density at radius 3 is 2.78 bits per heavy atom. The largest absolute Gasteiger partial charge is 0.396 e. The summed E-state index contributed by atoms with van der Waals surface area (Å²) in [4.78, 5) is 0. The summed E-state index contributed by atoms with van der Waals surface area (Å²) in [6, 6.07) is 0.101. The van der Waals surface area contributed by atoms with Crippen LogP contribution in [-0.2, 0) is 4.74 Å². The molecule has 0 saturated carbocycles. The van der Waals surface area contributed by atoms with Crippen LogP contribution in [0.25, 0.3) is 0 Å². The molecule has 0 aliphatic heterocycles. The first-order valence-corrected chi connectivity index (χ1v) is 3.21. The van der Waals surface area contributed by atoms with Crippen molar-refractivity contribution in [3.63, 3.8) is 0 Å². The Hall–Kier alpha value is -0.120. The second-order valence-electron chi connectivity index (χ2n) is 2.13. The van der Waals surface area contributed by atoms with Gasteiger partial charge in [0.15, 0.2) is 0 Å². The first-order chi connectivity index (χ1) is 4.27. The van der Waals surface area contributed by atoms with Crippen molar-refractivity contribution in [1.82, 2.24) is 0 Å². The van der Waals surface area contributed by atoms with Gasteiger partial charge in [0.25, 0.3) is 0 Å². The quantitative estimate of drug-likeness (QED) is 0.508. The lowest BCUT2D eigenvalue weighted by Gasteiger charge is -2.04. The fourth-order valence-electron chi connectivity index (χ4n) is 0.436. The monoisotopic (exact) mass is 133 g/mol. The van der Waals surface area contributed by atoms with E-state index in [1.165, 1.54) is 0 Å². The van der Waals surface area contributed by atoms with Crippen molar-refractivity contribution in [3.8, 4) is 0 Å². The summed E-state index contributed by atoms with van der Waals surface area (Å²) in [7, 11) is 0. The zero-order chi connectivity index (χ0) is 7.11. The molecule has 1 atom stereocenters. The highest BCUT2D eigenvalue weighted by Crippen LogP contribution is 1.82. The molecule has 0 aliphatic carbocycles. The van der Waals surface area contributed by atoms with Crippen molar-refractivity contribution >= 4 is 0 Å². The molecule has 0 aromatic carbocycles. The molecule has 3 N–H and O–H groups in total. The van der Waals surface area contributed by atoms with E-state index in [2.05, 4.69) is 0 Å². The Balaban J connectivity index is 2.75. The van der Waals surface area contributed by atoms with Gasteiger partial charge in [-0.15, -0.1) is 0 Å². The van der Waals surface area contributed by atoms with Gasteiger partial charge in [0.2, 0.25) is 0 Å². The third-order valence-electron chi connectivity index (χ3n) is 0.828. The maximum absolute atomic E-state index is 8.32. The molecule has 0 aromatic rings. The van der Waals surface area contributed by atoms with Crippen LogP contribution in [0.5, 0.6) is 0 Å². The smallest absolute Gasteiger partial charge is 0.0614 e. The lowest BCUT2D eigenvalue weighted by Crippen LogP contribution is -2.22. The topological polar surface area (TPSA) is 55.5 Å². The highest BCUT2D eigenvalue weighted by atomic mass is 16.5. The van der Waals surface area contributed by atoms with Gasteiger partial charge in [-0.05, 0) is 13.3 Å². The normalized spacial score (nSPS) is 13.7. The number of hydrogen-bond donors (Lipinski definition) is 2. The molecular weight excluding hydrogens is 118 g/mol. The van der Waals surface area contributed by atoms with E-state index < -0.39 is 0 Å². The molecule has 1 unspecified atom stereocenters. The van der Waals surface area contributed by atoms with Crippen LogP contribution >= 0.6 is 0 Å². The van der Waals surface area contributed by atoms with Crippen molar-refractivity contribution in [2.24, 2.45) is 5.73 Å². The Bertz CT molecular complexity index is 57.0. The summed E-state index contributed by atoms with van der Waals surface area (Å²) in [6.45, 7) is 3.27. The standard InChI is InChI=1S/C6H15NO2/c1-6(7)5-9-4-2-3-8/h6,8H,2-5,7H2,1H3. The summed E-state index contributed by atoms with van der Waals surface area (Å²) in [5.41, 5.74) is 5.39. The van der Waals surface area contributed by atoms with Gasteiger partial charge in [-0.3, -0.25) is 0 Å². The third-order valence-corrected chi connectivity index (χ3v) is 0.828. The van der Waals surface area contributed by atoms with Gasteiger partial charge in [-0.25, -0.2) is 0 Å². The molecule has 56 valence electrons. The first-order valence-electron chi connectivity index (χ1n) is 3.21. The maximum Gasteiger partial charge on any atom is 0.0614 e. The van der Waals surface area contributed by atoms with Gasteiger partial charge in [0, 0.05) is 19.3 Å². The average molecular weight is 133 g/mol. The molecule has 9 heavy (non-hydrogen) atoms. The molecular formula is C6H15NO2. The molecule has 0 aromatic heterocycles. The molecule has 0 spiro atoms. The van der Waals surface area contributed by atoms with Crippen molar-refractivity contribution in [1.29, 1.82) is 0 Å². The SMILES string of the molecule is CC(N)COCCCO. The fraction of sp³-hybridized carbons (Fsp3) is 1.00. The van der Waals surface area contributed by atoms with Crippen LogP contribution in [0.1, 0.15) is 13.3 Å². The molecule has 0 fully saturated rings. The van der Waals surface area contributed by atoms with Gasteiger partial charge in [-0.1, -0.05) is 0 Å². The third kappa shape index (κ3) is 7.88. The summed E-state index contributed by atoms with van der Waals surface area (Å²) in [5, 5.41) is 8.32. The zero-order valence-electron chi connectivity index (χ0n) is 5.84. The molecule has 0 rings (SSSR count). The van der Waals surface area contributed by atoms with Crippen LogP contribution in [0.3, 0.4) is 0 Å². The molecule has 3 nitrogen and oxygen atoms in total. The molecule has 0 bridgehead atoms. The van der Waals surface area contributed by atoms with Gasteiger partial charge >= 0.3 is 0 Å². The van der Waals surface area contributed by atoms with E-state index in [0.717, 1.165) is 0 Å². The molecule has 0 heterocycles. The Labute approximate surface area is 55.8 Å². The minimum Gasteiger partial charge on any atom is -0.396 e. The lowest BCUT2D eigenvalue weighted by atomic mass is 10.4. The zero-order valence-corrected chi connectivity index (χ0v) is 5.84. The van der Waals surface area contributed by atoms with E-state index in [-0.39, 0.29) is 12.6 Å². The Morgan fingerprint density at radius 2 is 2.33 bits per heavy atom. The van der Waals surface area contributed by atoms with Gasteiger partial charge < -0.3 is 15.6 Å². The predicted molar refractivity (Wildman–Crippen MR) is 36.2 cm³/mol. The van der Waals surface area contributed by atoms with E-state index in [1.54, 1.807) is 0 Å². The number of aliphatic hydroxyl groups excluding tert-OH is 1. The molecule has 0 amide bonds. The number of aliphatic hydroxyl groups is 1. The van der Waals surface area contributed by atoms with Crippen molar-refractivity contribution in [3.05, 3.63) is 0 Å². The summed E-state index contributed by atoms with van der Waals surface area (Å²) in [6.07, 6.45) is 0.701. The summed E-state index contributed by atoms with van der Waals surface area (Å²) < 4.78 is 5.05. The van der Waals surface area contributed by atoms with E-state index in [0.29, 0.717) is 19.6 Å². The van der Waals surface area contributed by atoms with E-state index in [4.69, 9.17) is 15.6 Å². The van der Waals surface area contributed by atoms with E-state index in [9.17, 15) is 0 Å². The summed E-state index contributed by atoms with van der Waals surface area (Å²) >= 11 is 0. The maximum atomic E-state index is 8.32. The number of nitrogens with two attached hydrogens (primary N) is 1. The highest BCUT2D eigenvalue weighted by molar-refractivity contribution is 4.47. The fourth-order valence-corrected chi connectivity index (χ4v) is 0.436. The van der Waals surface area contributed by atoms with Crippen LogP contribution in [-0.4, -0.2) is 31.0 Å². The molecule has 0 saturated heterocycles. The average Bonchev–Trinajstić information content (AvgIpc) is 1.80. The Morgan fingerprint density at radius 1 is 1.67 bits per heavy atom. The molecule has 0 radical (unpaired) electrons. The van der Waals surface area contributed by atoms with Crippen LogP contribution < -0.4 is 5.73 Å². The van der Waals surface area contributed by atoms with Crippen LogP contribution in [0, 0.1) is 0 Å². The second kappa shape index (κ2) is 6.01. The number of hydrogen-bond acceptors (Lipinski definition) is 3. The second-order valence-corrected chi connectivity index (χ2v) is 2.13. The van der Waals surface area contributed by atoms with Crippen LogP contribution in [0.2, 0.25) is 0 Å². The van der Waals surface area contributed by atoms with Crippen molar-refractivity contribution in [2.45, 2.75) is 19.4 Å². The first kappa shape index (κ1) is 8.88. The molecule has 0 aliphatic rings. The molecule has 3 heteroatoms. The van der Waals surface area contributed by atoms with Crippen LogP contribution in [0.4, 0.5) is 0 Å². The van der Waals surface area contributed by atoms with Crippen molar-refractivity contribution < 1.29 is 9.84 Å². The highest BCUT2D eigenvalue weighted by Gasteiger charge is 1.91. The Kier molecular flexibility index (Phi) is 5.93. The van der Waals surface area contributed by atoms with Gasteiger partial charge in [-0.2, -0.15) is 0 Å². The van der Waals surface area contributed by atoms with E-state index in [1.807, 2.05) is 6.92 Å². The minimum atomic E-state index is 0.101. The van der Waals surface area contributed by atoms with Crippen LogP contribution in [0.15, 0.2) is 0 Å². The predicted octanol–water partition coefficient (Wildman–Crippen LogP) is -0.267. The van der Waals surface area contributed by atoms with Gasteiger partial charge in [0.1, 0.15) is 0 Å². The lowest BCUT2D eigenvalue weighted by molar-refractivity contribution is 0.108. The minimum absolute atomic E-state index is 0.101. The van der Waals surface area contributed by atoms with Crippen molar-refractivity contribution in [2.75, 3.05) is 19.8 Å². The summed E-state index contributed by atoms with van der Waals surface area (Å²) in [5.74, 6) is 0.